The lowest BCUT2D eigenvalue weighted by atomic mass is 9.76. The number of nitrogens with zero attached hydrogens (tertiary/aromatic N) is 2. The Bertz CT molecular complexity index is 3050. The molecule has 5 heterocycles. The van der Waals surface area contributed by atoms with Gasteiger partial charge in [0.1, 0.15) is 60.7 Å². The predicted molar refractivity (Wildman–Crippen MR) is 375 cm³/mol. The molecule has 2 bridgehead atoms. The first-order valence-electron chi connectivity index (χ1n) is 36.5. The standard InChI is InChI=1S/C69H107F2N15O13S2/c1-85-57(8-2-3-19-72)67(97)77-33-59(88)79-51(24-41-30-75-49-16-12-43(70)26-47(41)49)63(93)80-52(25-42-31-76-50-17-13-44(71)27-48(42)50)64(94)82-54(29-61(90)91)66(96)81-53(28-45-32-74-37-78-45)65(95)83-55(23-38-10-14-46(87)15-11-38)69(99)86-20-5-9-58(86)68(98)84-56(62(73)92)36-101-35-40-7-4-6-39(22-40)34-100-21-18-60(85)89/h4,6-7,22,38,41-58,74-76,78,87H,2-3,5,8-21,23-37,72H2,1H3,(H2,73,92)(H,77,97)(H,79,88)(H,80,93)(H,81,96)(H,82,94)(H,83,95)(H,84,98)(H,90,91)/t38?,41?,42?,43?,44?,45?,46?,47?,48?,49?,50?,51-,52-,53-,54-,55-,56-,57-,58-/m0/s1. The van der Waals surface area contributed by atoms with E-state index in [1.165, 1.54) is 40.4 Å². The van der Waals surface area contributed by atoms with Gasteiger partial charge in [0.2, 0.25) is 59.1 Å². The Hall–Kier alpha value is -6.29. The number of unbranched alkanes of at least 4 members (excludes halogenated alkanes) is 1. The number of primary amides is 1. The van der Waals surface area contributed by atoms with Gasteiger partial charge in [-0.25, -0.2) is 8.78 Å². The molecular weight excluding hydrogens is 1350 g/mol. The van der Waals surface area contributed by atoms with Crippen molar-refractivity contribution in [1.82, 2.24) is 68.3 Å². The molecule has 5 aliphatic heterocycles. The summed E-state index contributed by atoms with van der Waals surface area (Å²) in [6, 6.07) is -3.68. The van der Waals surface area contributed by atoms with Gasteiger partial charge in [0.05, 0.1) is 19.1 Å². The summed E-state index contributed by atoms with van der Waals surface area (Å²) in [5.74, 6) is -9.08. The largest absolute Gasteiger partial charge is 0.481 e. The van der Waals surface area contributed by atoms with Gasteiger partial charge in [0.15, 0.2) is 0 Å². The number of aliphatic carboxylic acids is 1. The number of aliphatic hydroxyl groups is 1. The Balaban J connectivity index is 1.03. The van der Waals surface area contributed by atoms with Gasteiger partial charge in [-0.2, -0.15) is 23.5 Å². The molecular formula is C69H107F2N15O13S2. The van der Waals surface area contributed by atoms with E-state index in [0.29, 0.717) is 121 Å². The molecule has 562 valence electrons. The third kappa shape index (κ3) is 22.9. The highest BCUT2D eigenvalue weighted by atomic mass is 32.2. The Kier molecular flexibility index (Phi) is 30.0. The number of carboxylic acids is 1. The number of amides is 10. The van der Waals surface area contributed by atoms with Crippen molar-refractivity contribution in [2.45, 2.75) is 231 Å². The van der Waals surface area contributed by atoms with Crippen LogP contribution in [-0.4, -0.2) is 234 Å². The molecule has 3 saturated carbocycles. The van der Waals surface area contributed by atoms with Gasteiger partial charge < -0.3 is 90.0 Å². The van der Waals surface area contributed by atoms with E-state index in [9.17, 15) is 43.8 Å². The summed E-state index contributed by atoms with van der Waals surface area (Å²) in [6.45, 7) is 1.19. The number of likely N-dealkylation sites (N-methyl/N-ethyl adjacent to an activating group) is 1. The predicted octanol–water partition coefficient (Wildman–Crippen LogP) is -0.429. The van der Waals surface area contributed by atoms with Crippen molar-refractivity contribution in [3.8, 4) is 0 Å². The quantitative estimate of drug-likeness (QED) is 0.0991. The van der Waals surface area contributed by atoms with Crippen LogP contribution in [0.5, 0.6) is 0 Å². The van der Waals surface area contributed by atoms with Crippen molar-refractivity contribution < 1.29 is 71.7 Å². The lowest BCUT2D eigenvalue weighted by molar-refractivity contribution is -0.143. The van der Waals surface area contributed by atoms with Gasteiger partial charge in [-0.1, -0.05) is 24.3 Å². The Labute approximate surface area is 598 Å². The summed E-state index contributed by atoms with van der Waals surface area (Å²) < 4.78 is 30.5. The first-order valence-corrected chi connectivity index (χ1v) is 38.8. The third-order valence-corrected chi connectivity index (χ3v) is 24.0. The van der Waals surface area contributed by atoms with Crippen LogP contribution in [0.1, 0.15) is 146 Å². The third-order valence-electron chi connectivity index (χ3n) is 21.9. The molecule has 32 heteroatoms. The van der Waals surface area contributed by atoms with Crippen LogP contribution in [0.2, 0.25) is 0 Å². The van der Waals surface area contributed by atoms with Crippen LogP contribution < -0.4 is 70.0 Å². The highest BCUT2D eigenvalue weighted by Gasteiger charge is 2.47. The highest BCUT2D eigenvalue weighted by molar-refractivity contribution is 7.98. The molecule has 9 rings (SSSR count). The number of rotatable bonds is 15. The summed E-state index contributed by atoms with van der Waals surface area (Å²) in [5, 5.41) is 53.4. The van der Waals surface area contributed by atoms with Crippen molar-refractivity contribution in [3.63, 3.8) is 0 Å². The van der Waals surface area contributed by atoms with Crippen LogP contribution in [0, 0.1) is 29.6 Å². The number of benzene rings is 1. The minimum Gasteiger partial charge on any atom is -0.481 e. The normalized spacial score (nSPS) is 34.7. The Morgan fingerprint density at radius 1 is 0.653 bits per heavy atom. The molecule has 0 spiro atoms. The summed E-state index contributed by atoms with van der Waals surface area (Å²) >= 11 is 2.88. The molecule has 17 N–H and O–H groups in total. The molecule has 3 aliphatic carbocycles. The second-order valence-corrected chi connectivity index (χ2v) is 31.3. The van der Waals surface area contributed by atoms with Gasteiger partial charge in [-0.3, -0.25) is 52.7 Å². The number of carboxylic acid groups (broad SMARTS) is 1. The summed E-state index contributed by atoms with van der Waals surface area (Å²) in [6.07, 6.45) is 1.99. The van der Waals surface area contributed by atoms with Crippen LogP contribution in [0.3, 0.4) is 0 Å². The molecule has 101 heavy (non-hydrogen) atoms. The van der Waals surface area contributed by atoms with E-state index in [1.807, 2.05) is 24.3 Å². The fourth-order valence-corrected chi connectivity index (χ4v) is 18.1. The zero-order valence-electron chi connectivity index (χ0n) is 57.9. The van der Waals surface area contributed by atoms with E-state index in [4.69, 9.17) is 11.5 Å². The number of carbonyl (C=O) groups is 11. The summed E-state index contributed by atoms with van der Waals surface area (Å²) in [5.41, 5.74) is 13.6. The second kappa shape index (κ2) is 38.5. The van der Waals surface area contributed by atoms with Crippen LogP contribution in [0.15, 0.2) is 24.3 Å². The van der Waals surface area contributed by atoms with Crippen molar-refractivity contribution in [2.24, 2.45) is 41.1 Å². The molecule has 0 radical (unpaired) electrons. The SMILES string of the molecule is CN1C(=O)CCSCc2cccc(c2)CSC[C@@H](C(N)=O)NC(=O)[C@@H]2CCCN2C(=O)[C@H](CC2CCC(O)CC2)NC(=O)[C@H](CC2CNCN2)NC(=O)[C@H](CC(=O)O)NC(=O)[C@H](CC2CNC3CCC(F)CC23)NC(=O)[C@H](CC2CNC3CCC(F)CC23)NC(=O)CNC(=O)[C@@H]1CCCCN. The van der Waals surface area contributed by atoms with Crippen LogP contribution in [0.4, 0.5) is 8.78 Å². The topological polar surface area (TPSA) is 419 Å². The first-order chi connectivity index (χ1) is 48.5. The molecule has 17 atom stereocenters. The Morgan fingerprint density at radius 3 is 1.85 bits per heavy atom. The lowest BCUT2D eigenvalue weighted by Crippen LogP contribution is -2.61. The van der Waals surface area contributed by atoms with Crippen LogP contribution >= 0.6 is 23.5 Å². The number of nitrogens with two attached hydrogens (primary N) is 2. The summed E-state index contributed by atoms with van der Waals surface area (Å²) in [4.78, 5) is 161. The number of alkyl halides is 2. The molecule has 1 aromatic carbocycles. The average molecular weight is 1460 g/mol. The van der Waals surface area contributed by atoms with E-state index < -0.39 is 151 Å². The number of carbonyl (C=O) groups excluding carboxylic acids is 10. The fourth-order valence-electron chi connectivity index (χ4n) is 16.3. The molecule has 28 nitrogen and oxygen atoms in total. The van der Waals surface area contributed by atoms with E-state index in [1.54, 1.807) is 0 Å². The van der Waals surface area contributed by atoms with E-state index in [0.717, 1.165) is 11.1 Å². The van der Waals surface area contributed by atoms with Gasteiger partial charge in [0.25, 0.3) is 0 Å². The number of halogens is 2. The van der Waals surface area contributed by atoms with Gasteiger partial charge in [0, 0.05) is 74.4 Å². The van der Waals surface area contributed by atoms with Gasteiger partial charge >= 0.3 is 5.97 Å². The minimum atomic E-state index is -1.90. The second-order valence-electron chi connectivity index (χ2n) is 29.1. The maximum atomic E-state index is 15.3. The number of aliphatic hydroxyl groups excluding tert-OH is 1. The molecule has 9 unspecified atom stereocenters. The average Bonchev–Trinajstić information content (AvgIpc) is 1.62. The monoisotopic (exact) mass is 1460 g/mol. The molecule has 0 aromatic heterocycles. The van der Waals surface area contributed by atoms with Crippen LogP contribution in [0.25, 0.3) is 0 Å². The van der Waals surface area contributed by atoms with E-state index >= 15 is 28.0 Å². The first kappa shape index (κ1) is 78.8. The zero-order valence-corrected chi connectivity index (χ0v) is 59.5. The lowest BCUT2D eigenvalue weighted by Gasteiger charge is -2.34. The zero-order chi connectivity index (χ0) is 72.3. The van der Waals surface area contributed by atoms with Crippen molar-refractivity contribution >= 4 is 88.6 Å². The smallest absolute Gasteiger partial charge is 0.305 e. The molecule has 1 aromatic rings. The fraction of sp³-hybridized carbons (Fsp3) is 0.754. The highest BCUT2D eigenvalue weighted by Crippen LogP contribution is 2.40. The number of hydrogen-bond acceptors (Lipinski definition) is 19. The Morgan fingerprint density at radius 2 is 1.25 bits per heavy atom. The van der Waals surface area contributed by atoms with Crippen molar-refractivity contribution in [2.75, 3.05) is 64.5 Å². The molecule has 7 fully saturated rings. The molecule has 8 aliphatic rings. The van der Waals surface area contributed by atoms with E-state index in [2.05, 4.69) is 58.5 Å². The van der Waals surface area contributed by atoms with Crippen molar-refractivity contribution in [3.05, 3.63) is 35.4 Å². The number of thioether (sulfide) groups is 2. The summed E-state index contributed by atoms with van der Waals surface area (Å²) in [7, 11) is 1.52. The van der Waals surface area contributed by atoms with Crippen LogP contribution in [-0.2, 0) is 64.2 Å². The van der Waals surface area contributed by atoms with Crippen molar-refractivity contribution in [1.29, 1.82) is 0 Å². The maximum absolute atomic E-state index is 15.3. The molecule has 4 saturated heterocycles. The van der Waals surface area contributed by atoms with Gasteiger partial charge in [-0.05, 0) is 182 Å². The molecule has 10 amide bonds. The van der Waals surface area contributed by atoms with Gasteiger partial charge in [-0.15, -0.1) is 0 Å². The number of hydrogen-bond donors (Lipinski definition) is 15. The number of nitrogens with one attached hydrogen (secondary N) is 11. The van der Waals surface area contributed by atoms with E-state index in [-0.39, 0.29) is 112 Å². The maximum Gasteiger partial charge on any atom is 0.305 e. The number of fused-ring (bicyclic) bond motifs is 5. The minimum absolute atomic E-state index is 0.0398.